The number of rotatable bonds is 7. The molecular formula is C27H21N3O6. The minimum absolute atomic E-state index is 0.0129. The molecule has 1 aliphatic rings. The number of nitro groups is 1. The first-order valence-electron chi connectivity index (χ1n) is 11.2. The highest BCUT2D eigenvalue weighted by Crippen LogP contribution is 2.32. The van der Waals surface area contributed by atoms with Gasteiger partial charge in [-0.3, -0.25) is 14.9 Å². The third-order valence-electron chi connectivity index (χ3n) is 5.56. The van der Waals surface area contributed by atoms with Gasteiger partial charge in [0, 0.05) is 24.4 Å². The van der Waals surface area contributed by atoms with Crippen molar-refractivity contribution >= 4 is 29.3 Å². The molecule has 36 heavy (non-hydrogen) atoms. The van der Waals surface area contributed by atoms with Crippen LogP contribution in [0.2, 0.25) is 0 Å². The fourth-order valence-corrected chi connectivity index (χ4v) is 3.88. The molecule has 0 N–H and O–H groups in total. The number of non-ortho nitro benzene ring substituents is 1. The van der Waals surface area contributed by atoms with Gasteiger partial charge in [-0.25, -0.2) is 4.79 Å². The number of amides is 1. The molecule has 3 aromatic rings. The molecule has 0 bridgehead atoms. The molecule has 0 aliphatic carbocycles. The fourth-order valence-electron chi connectivity index (χ4n) is 3.88. The highest BCUT2D eigenvalue weighted by molar-refractivity contribution is 6.12. The van der Waals surface area contributed by atoms with Crippen molar-refractivity contribution in [1.29, 1.82) is 5.26 Å². The van der Waals surface area contributed by atoms with Crippen LogP contribution in [-0.2, 0) is 11.2 Å². The van der Waals surface area contributed by atoms with Crippen molar-refractivity contribution in [3.8, 4) is 17.6 Å². The Morgan fingerprint density at radius 1 is 1.11 bits per heavy atom. The molecule has 9 nitrogen and oxygen atoms in total. The van der Waals surface area contributed by atoms with E-state index in [2.05, 4.69) is 0 Å². The second kappa shape index (κ2) is 10.5. The molecule has 1 aliphatic heterocycles. The van der Waals surface area contributed by atoms with Crippen molar-refractivity contribution in [2.45, 2.75) is 13.3 Å². The molecule has 1 amide bonds. The topological polar surface area (TPSA) is 123 Å². The van der Waals surface area contributed by atoms with Crippen molar-refractivity contribution in [3.05, 3.63) is 99.1 Å². The van der Waals surface area contributed by atoms with Gasteiger partial charge in [-0.05, 0) is 54.8 Å². The van der Waals surface area contributed by atoms with Crippen LogP contribution < -0.4 is 14.4 Å². The average molecular weight is 483 g/mol. The number of carbonyl (C=O) groups is 2. The van der Waals surface area contributed by atoms with E-state index in [0.29, 0.717) is 12.1 Å². The van der Waals surface area contributed by atoms with Gasteiger partial charge in [-0.1, -0.05) is 30.3 Å². The number of nitrogens with zero attached hydrogens (tertiary/aromatic N) is 3. The van der Waals surface area contributed by atoms with E-state index in [1.54, 1.807) is 24.0 Å². The van der Waals surface area contributed by atoms with Gasteiger partial charge in [0.1, 0.15) is 11.6 Å². The van der Waals surface area contributed by atoms with E-state index in [-0.39, 0.29) is 34.9 Å². The molecule has 0 aromatic heterocycles. The largest absolute Gasteiger partial charge is 0.490 e. The number of nitro benzene ring substituents is 1. The number of para-hydroxylation sites is 1. The predicted molar refractivity (Wildman–Crippen MR) is 132 cm³/mol. The zero-order valence-electron chi connectivity index (χ0n) is 19.3. The summed E-state index contributed by atoms with van der Waals surface area (Å²) in [6.45, 7) is 2.51. The van der Waals surface area contributed by atoms with Crippen LogP contribution in [-0.4, -0.2) is 30.0 Å². The average Bonchev–Trinajstić information content (AvgIpc) is 3.32. The summed E-state index contributed by atoms with van der Waals surface area (Å²) >= 11 is 0. The molecule has 0 atom stereocenters. The Balaban J connectivity index is 1.58. The van der Waals surface area contributed by atoms with Gasteiger partial charge >= 0.3 is 5.97 Å². The Bertz CT molecular complexity index is 1420. The maximum atomic E-state index is 13.1. The van der Waals surface area contributed by atoms with Crippen molar-refractivity contribution in [2.75, 3.05) is 18.1 Å². The lowest BCUT2D eigenvalue weighted by Crippen LogP contribution is -2.29. The van der Waals surface area contributed by atoms with Crippen LogP contribution in [0.4, 0.5) is 11.4 Å². The van der Waals surface area contributed by atoms with Crippen molar-refractivity contribution < 1.29 is 24.0 Å². The minimum atomic E-state index is -0.788. The summed E-state index contributed by atoms with van der Waals surface area (Å²) in [4.78, 5) is 37.7. The first-order chi connectivity index (χ1) is 17.4. The Labute approximate surface area is 206 Å². The number of anilines is 1. The summed E-state index contributed by atoms with van der Waals surface area (Å²) in [5.41, 5.74) is 2.09. The van der Waals surface area contributed by atoms with Gasteiger partial charge in [-0.2, -0.15) is 5.26 Å². The van der Waals surface area contributed by atoms with Crippen LogP contribution in [0.5, 0.6) is 11.5 Å². The zero-order valence-corrected chi connectivity index (χ0v) is 19.3. The third-order valence-corrected chi connectivity index (χ3v) is 5.56. The van der Waals surface area contributed by atoms with Crippen LogP contribution in [0.15, 0.2) is 72.3 Å². The lowest BCUT2D eigenvalue weighted by Gasteiger charge is -2.16. The fraction of sp³-hybridized carbons (Fsp3) is 0.148. The smallest absolute Gasteiger partial charge is 0.343 e. The van der Waals surface area contributed by atoms with Crippen molar-refractivity contribution in [3.63, 3.8) is 0 Å². The second-order valence-electron chi connectivity index (χ2n) is 7.84. The number of benzene rings is 3. The Morgan fingerprint density at radius 3 is 2.67 bits per heavy atom. The number of hydrogen-bond acceptors (Lipinski definition) is 7. The van der Waals surface area contributed by atoms with Crippen LogP contribution in [0.25, 0.3) is 6.08 Å². The molecule has 0 saturated carbocycles. The summed E-state index contributed by atoms with van der Waals surface area (Å²) in [5.74, 6) is -0.866. The summed E-state index contributed by atoms with van der Waals surface area (Å²) < 4.78 is 11.0. The number of nitriles is 1. The van der Waals surface area contributed by atoms with Crippen LogP contribution in [0.3, 0.4) is 0 Å². The van der Waals surface area contributed by atoms with Gasteiger partial charge in [0.05, 0.1) is 17.1 Å². The minimum Gasteiger partial charge on any atom is -0.490 e. The van der Waals surface area contributed by atoms with Crippen molar-refractivity contribution in [1.82, 2.24) is 0 Å². The molecule has 0 fully saturated rings. The van der Waals surface area contributed by atoms with E-state index < -0.39 is 16.8 Å². The monoisotopic (exact) mass is 483 g/mol. The Kier molecular flexibility index (Phi) is 7.07. The molecule has 3 aromatic carbocycles. The molecule has 0 unspecified atom stereocenters. The van der Waals surface area contributed by atoms with Gasteiger partial charge in [0.25, 0.3) is 11.6 Å². The summed E-state index contributed by atoms with van der Waals surface area (Å²) in [5, 5.41) is 20.7. The normalized spacial score (nSPS) is 12.4. The van der Waals surface area contributed by atoms with Crippen molar-refractivity contribution in [2.24, 2.45) is 0 Å². The van der Waals surface area contributed by atoms with Crippen LogP contribution in [0, 0.1) is 21.4 Å². The lowest BCUT2D eigenvalue weighted by atomic mass is 10.1. The maximum absolute atomic E-state index is 13.1. The third kappa shape index (κ3) is 5.08. The Morgan fingerprint density at radius 2 is 1.92 bits per heavy atom. The van der Waals surface area contributed by atoms with E-state index in [9.17, 15) is 25.0 Å². The number of esters is 1. The van der Waals surface area contributed by atoms with Crippen LogP contribution >= 0.6 is 0 Å². The molecule has 0 saturated heterocycles. The first kappa shape index (κ1) is 24.2. The van der Waals surface area contributed by atoms with Crippen LogP contribution in [0.1, 0.15) is 28.4 Å². The quantitative estimate of drug-likeness (QED) is 0.119. The summed E-state index contributed by atoms with van der Waals surface area (Å²) in [6.07, 6.45) is 2.18. The molecule has 0 radical (unpaired) electrons. The molecule has 4 rings (SSSR count). The SMILES string of the molecule is CCOc1cc(/C=C(\C#N)C(=O)N2CCc3ccccc32)ccc1OC(=O)c1cccc([N+](=O)[O-])c1. The van der Waals surface area contributed by atoms with E-state index in [4.69, 9.17) is 9.47 Å². The molecular weight excluding hydrogens is 462 g/mol. The highest BCUT2D eigenvalue weighted by atomic mass is 16.6. The van der Waals surface area contributed by atoms with E-state index in [1.807, 2.05) is 30.3 Å². The number of ether oxygens (including phenoxy) is 2. The van der Waals surface area contributed by atoms with E-state index in [0.717, 1.165) is 23.7 Å². The first-order valence-corrected chi connectivity index (χ1v) is 11.2. The molecule has 1 heterocycles. The molecule has 180 valence electrons. The second-order valence-corrected chi connectivity index (χ2v) is 7.84. The van der Waals surface area contributed by atoms with Gasteiger partial charge < -0.3 is 14.4 Å². The number of fused-ring (bicyclic) bond motifs is 1. The zero-order chi connectivity index (χ0) is 25.7. The molecule has 9 heteroatoms. The van der Waals surface area contributed by atoms with Gasteiger partial charge in [0.2, 0.25) is 0 Å². The van der Waals surface area contributed by atoms with E-state index >= 15 is 0 Å². The Hall–Kier alpha value is -4.97. The maximum Gasteiger partial charge on any atom is 0.343 e. The predicted octanol–water partition coefficient (Wildman–Crippen LogP) is 4.71. The lowest BCUT2D eigenvalue weighted by molar-refractivity contribution is -0.384. The van der Waals surface area contributed by atoms with E-state index in [1.165, 1.54) is 30.3 Å². The number of hydrogen-bond donors (Lipinski definition) is 0. The summed E-state index contributed by atoms with van der Waals surface area (Å²) in [6, 6.07) is 19.4. The highest BCUT2D eigenvalue weighted by Gasteiger charge is 2.26. The van der Waals surface area contributed by atoms with Gasteiger partial charge in [-0.15, -0.1) is 0 Å². The number of carbonyl (C=O) groups excluding carboxylic acids is 2. The standard InChI is InChI=1S/C27H21N3O6/c1-2-35-25-15-18(10-11-24(25)36-27(32)20-7-5-8-22(16-20)30(33)34)14-21(17-28)26(31)29-13-12-19-6-3-4-9-23(19)29/h3-11,14-16H,2,12-13H2,1H3/b21-14+. The molecule has 0 spiro atoms. The van der Waals surface area contributed by atoms with Gasteiger partial charge in [0.15, 0.2) is 11.5 Å². The summed E-state index contributed by atoms with van der Waals surface area (Å²) in [7, 11) is 0.